The number of Topliss-reactive ketones (excluding diaryl/α,β-unsaturated/α-hetero) is 1. The summed E-state index contributed by atoms with van der Waals surface area (Å²) in [7, 11) is 3.15. The Labute approximate surface area is 292 Å². The number of β-amino-alcohol motifs (C(OH)–C–C–N with tert-alkyl or cyclic N) is 2. The third-order valence-corrected chi connectivity index (χ3v) is 9.56. The Hall–Kier alpha value is -4.68. The summed E-state index contributed by atoms with van der Waals surface area (Å²) < 4.78 is 11.2. The van der Waals surface area contributed by atoms with Gasteiger partial charge in [0, 0.05) is 87.0 Å². The van der Waals surface area contributed by atoms with Gasteiger partial charge in [-0.05, 0) is 61.6 Å². The Kier molecular flexibility index (Phi) is 9.78. The van der Waals surface area contributed by atoms with E-state index in [1.54, 1.807) is 38.7 Å². The number of amides is 1. The molecular formula is C39H45N5O6. The fraction of sp³-hybridized carbons (Fsp3) is 0.385. The van der Waals surface area contributed by atoms with E-state index in [-0.39, 0.29) is 23.8 Å². The van der Waals surface area contributed by atoms with Crippen molar-refractivity contribution < 1.29 is 29.3 Å². The number of carbonyl (C=O) groups excluding carboxylic acids is 2. The second-order valence-electron chi connectivity index (χ2n) is 14.2. The maximum absolute atomic E-state index is 13.5. The summed E-state index contributed by atoms with van der Waals surface area (Å²) in [5.41, 5.74) is 6.21. The number of methoxy groups -OCH3 is 2. The lowest BCUT2D eigenvalue weighted by Gasteiger charge is -2.44. The van der Waals surface area contributed by atoms with Crippen molar-refractivity contribution in [3.8, 4) is 22.6 Å². The number of carbonyl (C=O) groups is 2. The van der Waals surface area contributed by atoms with Crippen LogP contribution in [-0.4, -0.2) is 93.3 Å². The Balaban J connectivity index is 1.16. The van der Waals surface area contributed by atoms with Gasteiger partial charge in [0.15, 0.2) is 5.78 Å². The standard InChI is InChI=1S/C39H45N5O6/c1-24-26(13-34(45)32-14-35(49-5)27(16-40-32)18-43-20-38(3,47)21-43)9-7-10-29(24)30-11-8-12-31(25(30)2)42-37(46)33-15-36(50-6)28(17-41-33)19-44-22-39(4,48)23-44/h7-12,14-17,47-48H,13,18-23H2,1-6H3,(H,42,46). The number of ether oxygens (including phenoxy) is 2. The molecular weight excluding hydrogens is 634 g/mol. The molecule has 0 bridgehead atoms. The maximum Gasteiger partial charge on any atom is 0.274 e. The molecule has 0 spiro atoms. The average molecular weight is 680 g/mol. The molecule has 50 heavy (non-hydrogen) atoms. The first-order chi connectivity index (χ1) is 23.8. The van der Waals surface area contributed by atoms with Gasteiger partial charge in [-0.2, -0.15) is 0 Å². The number of ketones is 1. The fourth-order valence-corrected chi connectivity index (χ4v) is 7.04. The summed E-state index contributed by atoms with van der Waals surface area (Å²) >= 11 is 0. The van der Waals surface area contributed by atoms with E-state index in [4.69, 9.17) is 9.47 Å². The smallest absolute Gasteiger partial charge is 0.274 e. The molecule has 6 rings (SSSR count). The number of nitrogens with one attached hydrogen (secondary N) is 1. The largest absolute Gasteiger partial charge is 0.496 e. The van der Waals surface area contributed by atoms with Gasteiger partial charge < -0.3 is 25.0 Å². The van der Waals surface area contributed by atoms with E-state index in [1.807, 2.05) is 64.1 Å². The molecule has 0 radical (unpaired) electrons. The number of hydrogen-bond donors (Lipinski definition) is 3. The van der Waals surface area contributed by atoms with E-state index in [2.05, 4.69) is 25.1 Å². The number of nitrogens with zero attached hydrogens (tertiary/aromatic N) is 4. The molecule has 1 amide bonds. The summed E-state index contributed by atoms with van der Waals surface area (Å²) in [6, 6.07) is 15.0. The van der Waals surface area contributed by atoms with E-state index in [0.29, 0.717) is 62.1 Å². The molecule has 2 fully saturated rings. The monoisotopic (exact) mass is 679 g/mol. The summed E-state index contributed by atoms with van der Waals surface area (Å²) in [6.45, 7) is 11.0. The van der Waals surface area contributed by atoms with Gasteiger partial charge in [-0.15, -0.1) is 0 Å². The van der Waals surface area contributed by atoms with Crippen LogP contribution in [-0.2, 0) is 19.5 Å². The minimum absolute atomic E-state index is 0.120. The van der Waals surface area contributed by atoms with Crippen molar-refractivity contribution in [3.63, 3.8) is 0 Å². The van der Waals surface area contributed by atoms with E-state index >= 15 is 0 Å². The fourth-order valence-electron chi connectivity index (χ4n) is 7.04. The summed E-state index contributed by atoms with van der Waals surface area (Å²) in [6.07, 6.45) is 3.51. The molecule has 3 N–H and O–H groups in total. The normalized spacial score (nSPS) is 16.6. The summed E-state index contributed by atoms with van der Waals surface area (Å²) in [4.78, 5) is 39.9. The van der Waals surface area contributed by atoms with Gasteiger partial charge >= 0.3 is 0 Å². The van der Waals surface area contributed by atoms with Crippen LogP contribution in [0.1, 0.15) is 62.6 Å². The predicted molar refractivity (Wildman–Crippen MR) is 191 cm³/mol. The van der Waals surface area contributed by atoms with Gasteiger partial charge in [0.25, 0.3) is 5.91 Å². The maximum atomic E-state index is 13.5. The third kappa shape index (κ3) is 7.56. The lowest BCUT2D eigenvalue weighted by molar-refractivity contribution is -0.0876. The van der Waals surface area contributed by atoms with E-state index in [1.165, 1.54) is 0 Å². The second-order valence-corrected chi connectivity index (χ2v) is 14.2. The van der Waals surface area contributed by atoms with Crippen LogP contribution in [0.15, 0.2) is 60.9 Å². The first-order valence-electron chi connectivity index (χ1n) is 16.7. The predicted octanol–water partition coefficient (Wildman–Crippen LogP) is 4.59. The number of benzene rings is 2. The number of pyridine rings is 2. The highest BCUT2D eigenvalue weighted by Crippen LogP contribution is 2.34. The zero-order valence-corrected chi connectivity index (χ0v) is 29.5. The topological polar surface area (TPSA) is 137 Å². The van der Waals surface area contributed by atoms with Crippen molar-refractivity contribution in [2.24, 2.45) is 0 Å². The lowest BCUT2D eigenvalue weighted by Crippen LogP contribution is -2.59. The number of anilines is 1. The first-order valence-corrected chi connectivity index (χ1v) is 16.7. The number of likely N-dealkylation sites (tertiary alicyclic amines) is 2. The van der Waals surface area contributed by atoms with Gasteiger partial charge in [0.05, 0.1) is 25.4 Å². The highest BCUT2D eigenvalue weighted by Gasteiger charge is 2.37. The molecule has 4 heterocycles. The number of rotatable bonds is 12. The molecule has 2 aliphatic heterocycles. The molecule has 2 aromatic heterocycles. The van der Waals surface area contributed by atoms with Crippen molar-refractivity contribution in [2.45, 2.75) is 58.4 Å². The van der Waals surface area contributed by atoms with Crippen molar-refractivity contribution in [1.29, 1.82) is 0 Å². The minimum atomic E-state index is -0.678. The molecule has 11 nitrogen and oxygen atoms in total. The van der Waals surface area contributed by atoms with Gasteiger partial charge in [-0.3, -0.25) is 29.4 Å². The van der Waals surface area contributed by atoms with Crippen molar-refractivity contribution in [1.82, 2.24) is 19.8 Å². The van der Waals surface area contributed by atoms with Crippen LogP contribution < -0.4 is 14.8 Å². The van der Waals surface area contributed by atoms with Crippen LogP contribution in [0.3, 0.4) is 0 Å². The van der Waals surface area contributed by atoms with Gasteiger partial charge in [0.1, 0.15) is 22.9 Å². The Bertz CT molecular complexity index is 1790. The zero-order chi connectivity index (χ0) is 35.8. The number of aliphatic hydroxyl groups is 2. The molecule has 2 aromatic carbocycles. The zero-order valence-electron chi connectivity index (χ0n) is 29.5. The van der Waals surface area contributed by atoms with E-state index in [0.717, 1.165) is 38.9 Å². The summed E-state index contributed by atoms with van der Waals surface area (Å²) in [5.74, 6) is 0.686. The van der Waals surface area contributed by atoms with Gasteiger partial charge in [0.2, 0.25) is 0 Å². The van der Waals surface area contributed by atoms with Crippen molar-refractivity contribution >= 4 is 17.4 Å². The van der Waals surface area contributed by atoms with Crippen LogP contribution in [0.2, 0.25) is 0 Å². The van der Waals surface area contributed by atoms with E-state index < -0.39 is 11.2 Å². The molecule has 2 saturated heterocycles. The highest BCUT2D eigenvalue weighted by molar-refractivity contribution is 6.04. The quantitative estimate of drug-likeness (QED) is 0.183. The SMILES string of the molecule is COc1cc(C(=O)Cc2cccc(-c3cccc(NC(=O)c4cc(OC)c(CN5CC(C)(O)C5)cn4)c3C)c2C)ncc1CN1CC(C)(O)C1. The lowest BCUT2D eigenvalue weighted by atomic mass is 9.91. The molecule has 0 unspecified atom stereocenters. The number of aromatic nitrogens is 2. The highest BCUT2D eigenvalue weighted by atomic mass is 16.5. The molecule has 4 aromatic rings. The number of hydrogen-bond acceptors (Lipinski definition) is 10. The van der Waals surface area contributed by atoms with Crippen LogP contribution in [0.25, 0.3) is 11.1 Å². The first kappa shape index (κ1) is 35.2. The summed E-state index contributed by atoms with van der Waals surface area (Å²) in [5, 5.41) is 23.1. The minimum Gasteiger partial charge on any atom is -0.496 e. The third-order valence-electron chi connectivity index (χ3n) is 9.56. The van der Waals surface area contributed by atoms with Crippen LogP contribution in [0, 0.1) is 13.8 Å². The Morgan fingerprint density at radius 1 is 0.760 bits per heavy atom. The van der Waals surface area contributed by atoms with Gasteiger partial charge in [-0.25, -0.2) is 0 Å². The van der Waals surface area contributed by atoms with Crippen LogP contribution >= 0.6 is 0 Å². The van der Waals surface area contributed by atoms with Crippen LogP contribution in [0.5, 0.6) is 11.5 Å². The molecule has 2 aliphatic rings. The Morgan fingerprint density at radius 2 is 1.26 bits per heavy atom. The van der Waals surface area contributed by atoms with Crippen molar-refractivity contribution in [2.75, 3.05) is 45.7 Å². The Morgan fingerprint density at radius 3 is 1.80 bits per heavy atom. The molecule has 0 aliphatic carbocycles. The average Bonchev–Trinajstić information content (AvgIpc) is 3.05. The second kappa shape index (κ2) is 13.9. The molecule has 0 saturated carbocycles. The molecule has 0 atom stereocenters. The van der Waals surface area contributed by atoms with Crippen LogP contribution in [0.4, 0.5) is 5.69 Å². The van der Waals surface area contributed by atoms with E-state index in [9.17, 15) is 19.8 Å². The molecule has 11 heteroatoms. The van der Waals surface area contributed by atoms with Gasteiger partial charge in [-0.1, -0.05) is 30.3 Å². The molecule has 262 valence electrons. The van der Waals surface area contributed by atoms with Crippen molar-refractivity contribution in [3.05, 3.63) is 100 Å².